The van der Waals surface area contributed by atoms with Gasteiger partial charge in [-0.2, -0.15) is 0 Å². The summed E-state index contributed by atoms with van der Waals surface area (Å²) in [7, 11) is 0. The fourth-order valence-electron chi connectivity index (χ4n) is 2.67. The molecule has 6 heteroatoms. The molecule has 0 fully saturated rings. The molecule has 1 heterocycles. The zero-order valence-electron chi connectivity index (χ0n) is 14.8. The van der Waals surface area contributed by atoms with Gasteiger partial charge in [0.05, 0.1) is 11.4 Å². The molecule has 1 amide bonds. The van der Waals surface area contributed by atoms with Crippen molar-refractivity contribution < 1.29 is 4.79 Å². The maximum atomic E-state index is 12.1. The number of hydrogen-bond acceptors (Lipinski definition) is 4. The second-order valence-corrected chi connectivity index (χ2v) is 6.94. The molecule has 0 aliphatic rings. The van der Waals surface area contributed by atoms with Gasteiger partial charge in [0.1, 0.15) is 6.33 Å². The minimum atomic E-state index is 0.0161. The predicted molar refractivity (Wildman–Crippen MR) is 105 cm³/mol. The van der Waals surface area contributed by atoms with Crippen LogP contribution in [0.15, 0.2) is 66.1 Å². The number of thioether (sulfide) groups is 1. The first-order chi connectivity index (χ1) is 12.7. The van der Waals surface area contributed by atoms with Gasteiger partial charge in [-0.05, 0) is 37.0 Å². The van der Waals surface area contributed by atoms with Crippen molar-refractivity contribution in [2.24, 2.45) is 0 Å². The molecule has 0 atom stereocenters. The Bertz CT molecular complexity index is 848. The van der Waals surface area contributed by atoms with Crippen LogP contribution >= 0.6 is 11.8 Å². The molecule has 1 N–H and O–H groups in total. The zero-order chi connectivity index (χ0) is 18.2. The van der Waals surface area contributed by atoms with E-state index in [-0.39, 0.29) is 5.91 Å². The average molecular weight is 366 g/mol. The SMILES string of the molecule is Cc1ccccc1-n1cnnc1SCC(=O)NCCCc1ccccc1. The number of amides is 1. The number of hydrogen-bond donors (Lipinski definition) is 1. The number of rotatable bonds is 8. The summed E-state index contributed by atoms with van der Waals surface area (Å²) >= 11 is 1.40. The first kappa shape index (κ1) is 18.2. The van der Waals surface area contributed by atoms with Gasteiger partial charge >= 0.3 is 0 Å². The van der Waals surface area contributed by atoms with E-state index in [1.165, 1.54) is 17.3 Å². The molecule has 1 aromatic heterocycles. The summed E-state index contributed by atoms with van der Waals surface area (Å²) in [5.74, 6) is 0.345. The fraction of sp³-hybridized carbons (Fsp3) is 0.250. The van der Waals surface area contributed by atoms with Crippen molar-refractivity contribution in [2.75, 3.05) is 12.3 Å². The van der Waals surface area contributed by atoms with Gasteiger partial charge in [-0.3, -0.25) is 9.36 Å². The van der Waals surface area contributed by atoms with Crippen molar-refractivity contribution in [1.82, 2.24) is 20.1 Å². The molecule has 0 saturated carbocycles. The summed E-state index contributed by atoms with van der Waals surface area (Å²) in [6.45, 7) is 2.72. The molecule has 0 bridgehead atoms. The van der Waals surface area contributed by atoms with E-state index >= 15 is 0 Å². The van der Waals surface area contributed by atoms with Gasteiger partial charge in [-0.1, -0.05) is 60.3 Å². The summed E-state index contributed by atoms with van der Waals surface area (Å²) in [5.41, 5.74) is 3.46. The van der Waals surface area contributed by atoms with E-state index in [0.29, 0.717) is 12.3 Å². The Morgan fingerprint density at radius 2 is 1.88 bits per heavy atom. The smallest absolute Gasteiger partial charge is 0.230 e. The highest BCUT2D eigenvalue weighted by molar-refractivity contribution is 7.99. The Hall–Kier alpha value is -2.60. The Balaban J connectivity index is 1.45. The van der Waals surface area contributed by atoms with Crippen LogP contribution in [0.5, 0.6) is 0 Å². The molecule has 0 aliphatic heterocycles. The molecule has 0 spiro atoms. The molecular formula is C20H22N4OS. The third kappa shape index (κ3) is 4.95. The van der Waals surface area contributed by atoms with Gasteiger partial charge in [0.2, 0.25) is 5.91 Å². The quantitative estimate of drug-likeness (QED) is 0.490. The molecule has 134 valence electrons. The fourth-order valence-corrected chi connectivity index (χ4v) is 3.42. The monoisotopic (exact) mass is 366 g/mol. The molecular weight excluding hydrogens is 344 g/mol. The number of nitrogens with one attached hydrogen (secondary N) is 1. The highest BCUT2D eigenvalue weighted by Crippen LogP contribution is 2.21. The first-order valence-electron chi connectivity index (χ1n) is 8.63. The number of benzene rings is 2. The number of aromatic nitrogens is 3. The average Bonchev–Trinajstić information content (AvgIpc) is 3.13. The van der Waals surface area contributed by atoms with E-state index in [4.69, 9.17) is 0 Å². The lowest BCUT2D eigenvalue weighted by atomic mass is 10.1. The summed E-state index contributed by atoms with van der Waals surface area (Å²) in [6.07, 6.45) is 3.58. The second-order valence-electron chi connectivity index (χ2n) is 6.00. The third-order valence-corrected chi connectivity index (χ3v) is 4.97. The predicted octanol–water partition coefficient (Wildman–Crippen LogP) is 3.42. The molecule has 26 heavy (non-hydrogen) atoms. The standard InChI is InChI=1S/C20H22N4OS/c1-16-8-5-6-12-18(16)24-15-22-23-20(24)26-14-19(25)21-13-7-11-17-9-3-2-4-10-17/h2-6,8-10,12,15H,7,11,13-14H2,1H3,(H,21,25). The Kier molecular flexibility index (Phi) is 6.44. The molecule has 0 radical (unpaired) electrons. The molecule has 5 nitrogen and oxygen atoms in total. The van der Waals surface area contributed by atoms with E-state index < -0.39 is 0 Å². The topological polar surface area (TPSA) is 59.8 Å². The minimum Gasteiger partial charge on any atom is -0.355 e. The number of carbonyl (C=O) groups excluding carboxylic acids is 1. The van der Waals surface area contributed by atoms with Gasteiger partial charge in [0, 0.05) is 6.54 Å². The lowest BCUT2D eigenvalue weighted by Crippen LogP contribution is -2.26. The van der Waals surface area contributed by atoms with Crippen molar-refractivity contribution in [3.63, 3.8) is 0 Å². The maximum absolute atomic E-state index is 12.1. The van der Waals surface area contributed by atoms with Crippen molar-refractivity contribution in [1.29, 1.82) is 0 Å². The van der Waals surface area contributed by atoms with Crippen LogP contribution in [0.25, 0.3) is 5.69 Å². The van der Waals surface area contributed by atoms with Crippen LogP contribution in [-0.2, 0) is 11.2 Å². The molecule has 3 rings (SSSR count). The highest BCUT2D eigenvalue weighted by atomic mass is 32.2. The van der Waals surface area contributed by atoms with Crippen LogP contribution in [-0.4, -0.2) is 33.0 Å². The van der Waals surface area contributed by atoms with E-state index in [1.54, 1.807) is 6.33 Å². The van der Waals surface area contributed by atoms with Crippen molar-refractivity contribution in [2.45, 2.75) is 24.9 Å². The van der Waals surface area contributed by atoms with E-state index in [2.05, 4.69) is 27.6 Å². The van der Waals surface area contributed by atoms with Crippen LogP contribution < -0.4 is 5.32 Å². The number of nitrogens with zero attached hydrogens (tertiary/aromatic N) is 3. The Morgan fingerprint density at radius 3 is 2.69 bits per heavy atom. The normalized spacial score (nSPS) is 10.7. The van der Waals surface area contributed by atoms with Crippen molar-refractivity contribution in [3.05, 3.63) is 72.1 Å². The third-order valence-electron chi connectivity index (χ3n) is 4.03. The summed E-state index contributed by atoms with van der Waals surface area (Å²) in [6, 6.07) is 18.3. The van der Waals surface area contributed by atoms with Crippen LogP contribution in [0.3, 0.4) is 0 Å². The molecule has 0 saturated heterocycles. The van der Waals surface area contributed by atoms with Crippen LogP contribution in [0.2, 0.25) is 0 Å². The van der Waals surface area contributed by atoms with Gasteiger partial charge in [-0.25, -0.2) is 0 Å². The van der Waals surface area contributed by atoms with E-state index in [1.807, 2.05) is 54.0 Å². The van der Waals surface area contributed by atoms with Crippen LogP contribution in [0.4, 0.5) is 0 Å². The number of carbonyl (C=O) groups is 1. The second kappa shape index (κ2) is 9.20. The molecule has 2 aromatic carbocycles. The molecule has 0 unspecified atom stereocenters. The van der Waals surface area contributed by atoms with Gasteiger partial charge < -0.3 is 5.32 Å². The summed E-state index contributed by atoms with van der Waals surface area (Å²) in [5, 5.41) is 11.8. The maximum Gasteiger partial charge on any atom is 0.230 e. The first-order valence-corrected chi connectivity index (χ1v) is 9.62. The summed E-state index contributed by atoms with van der Waals surface area (Å²) in [4.78, 5) is 12.1. The van der Waals surface area contributed by atoms with Crippen molar-refractivity contribution in [3.8, 4) is 5.69 Å². The van der Waals surface area contributed by atoms with E-state index in [9.17, 15) is 4.79 Å². The van der Waals surface area contributed by atoms with Crippen LogP contribution in [0, 0.1) is 6.92 Å². The lowest BCUT2D eigenvalue weighted by Gasteiger charge is -2.09. The molecule has 3 aromatic rings. The summed E-state index contributed by atoms with van der Waals surface area (Å²) < 4.78 is 1.92. The van der Waals surface area contributed by atoms with E-state index in [0.717, 1.165) is 29.2 Å². The van der Waals surface area contributed by atoms with Gasteiger partial charge in [0.15, 0.2) is 5.16 Å². The highest BCUT2D eigenvalue weighted by Gasteiger charge is 2.11. The minimum absolute atomic E-state index is 0.0161. The number of para-hydroxylation sites is 1. The zero-order valence-corrected chi connectivity index (χ0v) is 15.6. The van der Waals surface area contributed by atoms with Gasteiger partial charge in [-0.15, -0.1) is 10.2 Å². The molecule has 0 aliphatic carbocycles. The van der Waals surface area contributed by atoms with Crippen molar-refractivity contribution >= 4 is 17.7 Å². The largest absolute Gasteiger partial charge is 0.355 e. The number of aryl methyl sites for hydroxylation is 2. The Labute approximate surface area is 157 Å². The Morgan fingerprint density at radius 1 is 1.12 bits per heavy atom. The lowest BCUT2D eigenvalue weighted by molar-refractivity contribution is -0.118. The van der Waals surface area contributed by atoms with Crippen LogP contribution in [0.1, 0.15) is 17.5 Å². The van der Waals surface area contributed by atoms with Gasteiger partial charge in [0.25, 0.3) is 0 Å².